The first-order chi connectivity index (χ1) is 19.4. The molecule has 0 radical (unpaired) electrons. The minimum atomic E-state index is -3.64. The van der Waals surface area contributed by atoms with Crippen molar-refractivity contribution in [2.45, 2.75) is 25.2 Å². The van der Waals surface area contributed by atoms with Crippen molar-refractivity contribution in [3.05, 3.63) is 119 Å². The van der Waals surface area contributed by atoms with E-state index in [1.165, 1.54) is 11.1 Å². The van der Waals surface area contributed by atoms with Crippen LogP contribution in [0.3, 0.4) is 0 Å². The lowest BCUT2D eigenvalue weighted by Gasteiger charge is -2.36. The van der Waals surface area contributed by atoms with Gasteiger partial charge < -0.3 is 4.90 Å². The summed E-state index contributed by atoms with van der Waals surface area (Å²) in [5.74, 6) is 1.57. The van der Waals surface area contributed by atoms with E-state index in [1.807, 2.05) is 61.5 Å². The number of rotatable bonds is 6. The number of piperazine rings is 1. The maximum absolute atomic E-state index is 13.8. The number of nitrogens with zero attached hydrogens (tertiary/aromatic N) is 4. The van der Waals surface area contributed by atoms with Crippen molar-refractivity contribution in [1.82, 2.24) is 14.3 Å². The minimum absolute atomic E-state index is 0.364. The summed E-state index contributed by atoms with van der Waals surface area (Å²) in [5, 5.41) is 1.68. The second-order valence-corrected chi connectivity index (χ2v) is 12.2. The van der Waals surface area contributed by atoms with E-state index in [4.69, 9.17) is 9.97 Å². The third kappa shape index (κ3) is 5.10. The molecule has 0 spiro atoms. The van der Waals surface area contributed by atoms with Gasteiger partial charge in [0, 0.05) is 54.8 Å². The number of aryl methyl sites for hydroxylation is 2. The SMILES string of the molecule is Cc1ccc(-c2nc(C)c(Cc3ccccc3)c(N3CCN(S(=O)(=O)c4cccc5ccccc45)CC3)n2)cc1. The van der Waals surface area contributed by atoms with Crippen molar-refractivity contribution >= 4 is 26.6 Å². The lowest BCUT2D eigenvalue weighted by Crippen LogP contribution is -2.49. The quantitative estimate of drug-likeness (QED) is 0.260. The summed E-state index contributed by atoms with van der Waals surface area (Å²) in [5.41, 5.74) is 5.36. The molecule has 6 rings (SSSR count). The smallest absolute Gasteiger partial charge is 0.243 e. The van der Waals surface area contributed by atoms with Crippen LogP contribution >= 0.6 is 0 Å². The van der Waals surface area contributed by atoms with Gasteiger partial charge in [-0.15, -0.1) is 0 Å². The number of benzene rings is 4. The van der Waals surface area contributed by atoms with Gasteiger partial charge in [-0.05, 0) is 30.9 Å². The van der Waals surface area contributed by atoms with E-state index in [0.29, 0.717) is 43.3 Å². The molecular weight excluding hydrogens is 516 g/mol. The molecule has 0 amide bonds. The lowest BCUT2D eigenvalue weighted by atomic mass is 10.0. The van der Waals surface area contributed by atoms with Crippen LogP contribution in [0.2, 0.25) is 0 Å². The van der Waals surface area contributed by atoms with E-state index in [2.05, 4.69) is 48.2 Å². The van der Waals surface area contributed by atoms with Gasteiger partial charge in [-0.2, -0.15) is 4.31 Å². The third-order valence-corrected chi connectivity index (χ3v) is 9.59. The van der Waals surface area contributed by atoms with Gasteiger partial charge in [0.1, 0.15) is 5.82 Å². The third-order valence-electron chi connectivity index (χ3n) is 7.63. The highest BCUT2D eigenvalue weighted by molar-refractivity contribution is 7.89. The Morgan fingerprint density at radius 3 is 2.15 bits per heavy atom. The average Bonchev–Trinajstić information content (AvgIpc) is 2.99. The Morgan fingerprint density at radius 2 is 1.40 bits per heavy atom. The molecule has 5 aromatic rings. The molecule has 6 nitrogen and oxygen atoms in total. The van der Waals surface area contributed by atoms with Crippen molar-refractivity contribution in [1.29, 1.82) is 0 Å². The van der Waals surface area contributed by atoms with Gasteiger partial charge in [0.15, 0.2) is 5.82 Å². The molecule has 1 saturated heterocycles. The van der Waals surface area contributed by atoms with Crippen LogP contribution < -0.4 is 4.90 Å². The van der Waals surface area contributed by atoms with Crippen LogP contribution in [-0.2, 0) is 16.4 Å². The number of aromatic nitrogens is 2. The molecular formula is C33H32N4O2S. The van der Waals surface area contributed by atoms with Crippen LogP contribution in [-0.4, -0.2) is 48.9 Å². The maximum Gasteiger partial charge on any atom is 0.243 e. The van der Waals surface area contributed by atoms with E-state index in [1.54, 1.807) is 10.4 Å². The van der Waals surface area contributed by atoms with E-state index in [9.17, 15) is 8.42 Å². The fourth-order valence-corrected chi connectivity index (χ4v) is 7.02. The zero-order chi connectivity index (χ0) is 27.7. The molecule has 2 heterocycles. The molecule has 40 heavy (non-hydrogen) atoms. The molecule has 1 aliphatic rings. The fourth-order valence-electron chi connectivity index (χ4n) is 5.38. The maximum atomic E-state index is 13.8. The Morgan fingerprint density at radius 1 is 0.725 bits per heavy atom. The summed E-state index contributed by atoms with van der Waals surface area (Å²) in [6.45, 7) is 5.99. The highest BCUT2D eigenvalue weighted by atomic mass is 32.2. The standard InChI is InChI=1S/C33H32N4O2S/c1-24-15-17-28(18-16-24)32-34-25(2)30(23-26-9-4-3-5-10-26)33(35-32)36-19-21-37(22-20-36)40(38,39)31-14-8-12-27-11-6-7-13-29(27)31/h3-18H,19-23H2,1-2H3. The second-order valence-electron chi connectivity index (χ2n) is 10.3. The average molecular weight is 549 g/mol. The van der Waals surface area contributed by atoms with Gasteiger partial charge in [0.2, 0.25) is 10.0 Å². The Labute approximate surface area is 236 Å². The van der Waals surface area contributed by atoms with E-state index >= 15 is 0 Å². The summed E-state index contributed by atoms with van der Waals surface area (Å²) in [6, 6.07) is 31.7. The summed E-state index contributed by atoms with van der Waals surface area (Å²) in [7, 11) is -3.64. The number of hydrogen-bond donors (Lipinski definition) is 0. The molecule has 0 atom stereocenters. The topological polar surface area (TPSA) is 66.4 Å². The monoisotopic (exact) mass is 548 g/mol. The fraction of sp³-hybridized carbons (Fsp3) is 0.212. The molecule has 0 bridgehead atoms. The van der Waals surface area contributed by atoms with Gasteiger partial charge in [0.05, 0.1) is 4.90 Å². The predicted molar refractivity (Wildman–Crippen MR) is 161 cm³/mol. The van der Waals surface area contributed by atoms with Crippen LogP contribution in [0, 0.1) is 13.8 Å². The molecule has 4 aromatic carbocycles. The van der Waals surface area contributed by atoms with E-state index < -0.39 is 10.0 Å². The number of sulfonamides is 1. The summed E-state index contributed by atoms with van der Waals surface area (Å²) < 4.78 is 29.1. The van der Waals surface area contributed by atoms with Gasteiger partial charge in [-0.25, -0.2) is 18.4 Å². The number of fused-ring (bicyclic) bond motifs is 1. The van der Waals surface area contributed by atoms with Crippen LogP contribution in [0.15, 0.2) is 102 Å². The molecule has 1 aromatic heterocycles. The first-order valence-electron chi connectivity index (χ1n) is 13.6. The first kappa shape index (κ1) is 26.2. The molecule has 0 unspecified atom stereocenters. The summed E-state index contributed by atoms with van der Waals surface area (Å²) >= 11 is 0. The van der Waals surface area contributed by atoms with E-state index in [-0.39, 0.29) is 0 Å². The molecule has 1 fully saturated rings. The van der Waals surface area contributed by atoms with Gasteiger partial charge in [0.25, 0.3) is 0 Å². The Balaban J connectivity index is 1.32. The molecule has 202 valence electrons. The molecule has 1 aliphatic heterocycles. The number of anilines is 1. The second kappa shape index (κ2) is 10.8. The van der Waals surface area contributed by atoms with Gasteiger partial charge in [-0.3, -0.25) is 0 Å². The van der Waals surface area contributed by atoms with E-state index in [0.717, 1.165) is 33.4 Å². The molecule has 0 N–H and O–H groups in total. The molecule has 7 heteroatoms. The van der Waals surface area contributed by atoms with Crippen LogP contribution in [0.25, 0.3) is 22.2 Å². The highest BCUT2D eigenvalue weighted by Gasteiger charge is 2.31. The van der Waals surface area contributed by atoms with Crippen molar-refractivity contribution in [2.24, 2.45) is 0 Å². The Bertz CT molecular complexity index is 1760. The zero-order valence-corrected chi connectivity index (χ0v) is 23.6. The first-order valence-corrected chi connectivity index (χ1v) is 15.1. The summed E-state index contributed by atoms with van der Waals surface area (Å²) in [4.78, 5) is 12.6. The van der Waals surface area contributed by atoms with Crippen molar-refractivity contribution in [3.8, 4) is 11.4 Å². The minimum Gasteiger partial charge on any atom is -0.354 e. The Hall–Kier alpha value is -4.07. The molecule has 0 saturated carbocycles. The van der Waals surface area contributed by atoms with Crippen LogP contribution in [0.1, 0.15) is 22.4 Å². The van der Waals surface area contributed by atoms with Crippen molar-refractivity contribution in [2.75, 3.05) is 31.1 Å². The van der Waals surface area contributed by atoms with Crippen LogP contribution in [0.5, 0.6) is 0 Å². The largest absolute Gasteiger partial charge is 0.354 e. The predicted octanol–water partition coefficient (Wildman–Crippen LogP) is 6.02. The van der Waals surface area contributed by atoms with Crippen molar-refractivity contribution in [3.63, 3.8) is 0 Å². The number of hydrogen-bond acceptors (Lipinski definition) is 5. The molecule has 0 aliphatic carbocycles. The summed E-state index contributed by atoms with van der Waals surface area (Å²) in [6.07, 6.45) is 0.713. The lowest BCUT2D eigenvalue weighted by molar-refractivity contribution is 0.384. The zero-order valence-electron chi connectivity index (χ0n) is 22.8. The Kier molecular flexibility index (Phi) is 7.09. The van der Waals surface area contributed by atoms with Gasteiger partial charge in [-0.1, -0.05) is 96.6 Å². The normalized spacial score (nSPS) is 14.5. The van der Waals surface area contributed by atoms with Crippen molar-refractivity contribution < 1.29 is 8.42 Å². The van der Waals surface area contributed by atoms with Gasteiger partial charge >= 0.3 is 0 Å². The highest BCUT2D eigenvalue weighted by Crippen LogP contribution is 2.31. The van der Waals surface area contributed by atoms with Crippen LogP contribution in [0.4, 0.5) is 5.82 Å².